The zero-order chi connectivity index (χ0) is 17.9. The van der Waals surface area contributed by atoms with Crippen LogP contribution in [0.25, 0.3) is 0 Å². The second-order valence-corrected chi connectivity index (χ2v) is 13.5. The number of carbonyl (C=O) groups is 1. The van der Waals surface area contributed by atoms with Crippen LogP contribution in [-0.2, 0) is 13.6 Å². The maximum absolute atomic E-state index is 13.1. The van der Waals surface area contributed by atoms with Gasteiger partial charge in [0.15, 0.2) is 0 Å². The van der Waals surface area contributed by atoms with Crippen LogP contribution in [0, 0.1) is 5.41 Å². The first-order valence-corrected chi connectivity index (χ1v) is 12.9. The third kappa shape index (κ3) is 4.69. The number of benzene rings is 2. The maximum atomic E-state index is 13.1. The van der Waals surface area contributed by atoms with Crippen LogP contribution in [-0.4, -0.2) is 33.5 Å². The van der Waals surface area contributed by atoms with Crippen molar-refractivity contribution >= 4 is 26.6 Å². The van der Waals surface area contributed by atoms with Crippen LogP contribution in [0.15, 0.2) is 60.7 Å². The Labute approximate surface area is 154 Å². The van der Waals surface area contributed by atoms with Gasteiger partial charge in [-0.15, -0.1) is 0 Å². The summed E-state index contributed by atoms with van der Waals surface area (Å²) in [6.45, 7) is 4.78. The molecule has 1 aliphatic rings. The Bertz CT molecular complexity index is 763. The van der Waals surface area contributed by atoms with Gasteiger partial charge < -0.3 is 0 Å². The van der Waals surface area contributed by atoms with Gasteiger partial charge in [0.2, 0.25) is 0 Å². The van der Waals surface area contributed by atoms with Crippen LogP contribution >= 0.6 is 6.29 Å². The molecule has 25 heavy (non-hydrogen) atoms. The fourth-order valence-corrected chi connectivity index (χ4v) is 9.14. The Balaban J connectivity index is 1.88. The molecule has 1 unspecified atom stereocenters. The third-order valence-electron chi connectivity index (χ3n) is 3.86. The van der Waals surface area contributed by atoms with Crippen LogP contribution in [0.3, 0.4) is 0 Å². The predicted molar refractivity (Wildman–Crippen MR) is 99.0 cm³/mol. The van der Waals surface area contributed by atoms with Gasteiger partial charge in [0, 0.05) is 0 Å². The van der Waals surface area contributed by atoms with E-state index in [1.165, 1.54) is 0 Å². The second kappa shape index (κ2) is 7.57. The quantitative estimate of drug-likeness (QED) is 0.404. The molecule has 1 fully saturated rings. The summed E-state index contributed by atoms with van der Waals surface area (Å²) in [6, 6.07) is 18.6. The average molecular weight is 423 g/mol. The molecule has 1 heterocycles. The molecule has 0 bridgehead atoms. The van der Waals surface area contributed by atoms with Crippen molar-refractivity contribution in [1.82, 2.24) is 0 Å². The first-order valence-electron chi connectivity index (χ1n) is 8.10. The molecule has 6 heteroatoms. The van der Waals surface area contributed by atoms with E-state index < -0.39 is 25.6 Å². The van der Waals surface area contributed by atoms with Gasteiger partial charge in [-0.2, -0.15) is 0 Å². The average Bonchev–Trinajstić information content (AvgIpc) is 2.64. The molecule has 1 aliphatic heterocycles. The molecule has 1 atom stereocenters. The van der Waals surface area contributed by atoms with Gasteiger partial charge in [0.1, 0.15) is 0 Å². The zero-order valence-electron chi connectivity index (χ0n) is 14.3. The molecular formula is C19H21O4PSe. The SMILES string of the molecule is CC1(C)COP(=O)([Se]C(C(=O)c2ccccc2)c2ccccc2)OC1. The number of hydrogen-bond acceptors (Lipinski definition) is 4. The van der Waals surface area contributed by atoms with Crippen LogP contribution in [0.5, 0.6) is 0 Å². The molecule has 3 rings (SSSR count). The molecular weight excluding hydrogens is 402 g/mol. The molecule has 1 saturated heterocycles. The van der Waals surface area contributed by atoms with Crippen molar-refractivity contribution in [1.29, 1.82) is 0 Å². The predicted octanol–water partition coefficient (Wildman–Crippen LogP) is 4.50. The zero-order valence-corrected chi connectivity index (χ0v) is 16.9. The molecule has 0 N–H and O–H groups in total. The molecule has 0 spiro atoms. The molecule has 132 valence electrons. The van der Waals surface area contributed by atoms with E-state index in [0.717, 1.165) is 5.56 Å². The third-order valence-corrected chi connectivity index (χ3v) is 10.5. The first-order chi connectivity index (χ1) is 11.9. The van der Waals surface area contributed by atoms with Gasteiger partial charge in [-0.3, -0.25) is 0 Å². The van der Waals surface area contributed by atoms with Crippen LogP contribution in [0.2, 0.25) is 0 Å². The summed E-state index contributed by atoms with van der Waals surface area (Å²) in [5, 5.41) is 0. The summed E-state index contributed by atoms with van der Waals surface area (Å²) in [5.74, 6) is -0.0425. The molecule has 0 saturated carbocycles. The summed E-state index contributed by atoms with van der Waals surface area (Å²) in [7, 11) is 0. The van der Waals surface area contributed by atoms with Crippen molar-refractivity contribution in [3.63, 3.8) is 0 Å². The topological polar surface area (TPSA) is 52.6 Å². The normalized spacial score (nSPS) is 19.9. The van der Waals surface area contributed by atoms with E-state index in [2.05, 4.69) is 0 Å². The van der Waals surface area contributed by atoms with Crippen molar-refractivity contribution in [2.45, 2.75) is 18.7 Å². The van der Waals surface area contributed by atoms with Gasteiger partial charge in [0.25, 0.3) is 0 Å². The van der Waals surface area contributed by atoms with Crippen molar-refractivity contribution < 1.29 is 18.4 Å². The monoisotopic (exact) mass is 424 g/mol. The summed E-state index contributed by atoms with van der Waals surface area (Å²) in [4.78, 5) is 12.6. The van der Waals surface area contributed by atoms with Crippen molar-refractivity contribution in [2.75, 3.05) is 13.2 Å². The Morgan fingerprint density at radius 1 is 1.00 bits per heavy atom. The summed E-state index contributed by atoms with van der Waals surface area (Å²) in [5.41, 5.74) is 1.31. The molecule has 0 aromatic heterocycles. The fourth-order valence-electron chi connectivity index (χ4n) is 2.42. The van der Waals surface area contributed by atoms with E-state index >= 15 is 0 Å². The van der Waals surface area contributed by atoms with Crippen molar-refractivity contribution in [3.8, 4) is 0 Å². The molecule has 2 aromatic carbocycles. The van der Waals surface area contributed by atoms with E-state index in [-0.39, 0.29) is 11.2 Å². The Kier molecular flexibility index (Phi) is 5.62. The van der Waals surface area contributed by atoms with Crippen molar-refractivity contribution in [2.24, 2.45) is 5.41 Å². The molecule has 0 radical (unpaired) electrons. The Hall–Kier alpha value is -1.22. The summed E-state index contributed by atoms with van der Waals surface area (Å²) < 4.78 is 24.3. The Morgan fingerprint density at radius 3 is 2.08 bits per heavy atom. The van der Waals surface area contributed by atoms with Crippen LogP contribution < -0.4 is 0 Å². The molecule has 0 amide bonds. The van der Waals surface area contributed by atoms with Gasteiger partial charge >= 0.3 is 154 Å². The van der Waals surface area contributed by atoms with Gasteiger partial charge in [-0.05, 0) is 0 Å². The minimum absolute atomic E-state index is 0.0425. The van der Waals surface area contributed by atoms with E-state index in [1.807, 2.05) is 62.4 Å². The van der Waals surface area contributed by atoms with E-state index in [9.17, 15) is 9.36 Å². The molecule has 0 aliphatic carbocycles. The molecule has 4 nitrogen and oxygen atoms in total. The van der Waals surface area contributed by atoms with Crippen LogP contribution in [0.4, 0.5) is 0 Å². The number of carbonyl (C=O) groups excluding carboxylic acids is 1. The minimum atomic E-state index is -3.25. The Morgan fingerprint density at radius 2 is 1.52 bits per heavy atom. The number of hydrogen-bond donors (Lipinski definition) is 0. The van der Waals surface area contributed by atoms with E-state index in [1.54, 1.807) is 12.1 Å². The second-order valence-electron chi connectivity index (χ2n) is 6.78. The van der Waals surface area contributed by atoms with Gasteiger partial charge in [0.05, 0.1) is 0 Å². The number of rotatable bonds is 5. The fraction of sp³-hybridized carbons (Fsp3) is 0.316. The molecule has 2 aromatic rings. The standard InChI is InChI=1S/C19H21O4PSe/c1-19(2)13-22-24(21,23-14-19)25-18(16-11-7-4-8-12-16)17(20)15-9-5-3-6-10-15/h3-12,18H,13-14H2,1-2H3. The van der Waals surface area contributed by atoms with E-state index in [0.29, 0.717) is 18.8 Å². The summed E-state index contributed by atoms with van der Waals surface area (Å²) in [6.07, 6.45) is -3.25. The van der Waals surface area contributed by atoms with E-state index in [4.69, 9.17) is 9.05 Å². The van der Waals surface area contributed by atoms with Crippen molar-refractivity contribution in [3.05, 3.63) is 71.8 Å². The van der Waals surface area contributed by atoms with Gasteiger partial charge in [-0.1, -0.05) is 0 Å². The van der Waals surface area contributed by atoms with Gasteiger partial charge in [-0.25, -0.2) is 0 Å². The number of Topliss-reactive ketones (excluding diaryl/α,β-unsaturated/α-hetero) is 1. The number of ketones is 1. The first kappa shape index (κ1) is 18.6. The van der Waals surface area contributed by atoms with Crippen LogP contribution in [0.1, 0.15) is 34.6 Å². The summed E-state index contributed by atoms with van der Waals surface area (Å²) >= 11 is -0.641.